The highest BCUT2D eigenvalue weighted by molar-refractivity contribution is 5.91. The number of hydrazine groups is 1. The second-order valence-corrected chi connectivity index (χ2v) is 4.80. The van der Waals surface area contributed by atoms with Crippen LogP contribution in [0.4, 0.5) is 0 Å². The Hall–Kier alpha value is -0.870. The molecule has 16 heavy (non-hydrogen) atoms. The molecule has 1 heterocycles. The van der Waals surface area contributed by atoms with Crippen LogP contribution in [-0.2, 0) is 0 Å². The van der Waals surface area contributed by atoms with Crippen LogP contribution in [0.5, 0.6) is 0 Å². The van der Waals surface area contributed by atoms with Gasteiger partial charge in [-0.05, 0) is 37.7 Å². The van der Waals surface area contributed by atoms with Crippen LogP contribution in [0, 0.1) is 11.8 Å². The van der Waals surface area contributed by atoms with Gasteiger partial charge in [-0.3, -0.25) is 10.9 Å². The standard InChI is InChI=1S/C12H22N4/c1-3-9(2)14-16-12-11-7-5-4-6-10(11)8-13-15-12/h3,10-13,15-16H,1,4-8H2,2H3/b14-9-. The van der Waals surface area contributed by atoms with Crippen LogP contribution in [0.3, 0.4) is 0 Å². The molecule has 3 N–H and O–H groups in total. The molecule has 3 atom stereocenters. The second-order valence-electron chi connectivity index (χ2n) is 4.80. The van der Waals surface area contributed by atoms with Crippen molar-refractivity contribution in [2.75, 3.05) is 6.54 Å². The maximum Gasteiger partial charge on any atom is 0.109 e. The normalized spacial score (nSPS) is 35.3. The summed E-state index contributed by atoms with van der Waals surface area (Å²) in [6, 6.07) is 0. The molecule has 2 fully saturated rings. The summed E-state index contributed by atoms with van der Waals surface area (Å²) < 4.78 is 0. The van der Waals surface area contributed by atoms with E-state index in [4.69, 9.17) is 0 Å². The predicted octanol–water partition coefficient (Wildman–Crippen LogP) is 1.38. The van der Waals surface area contributed by atoms with Crippen molar-refractivity contribution < 1.29 is 0 Å². The molecule has 4 heteroatoms. The van der Waals surface area contributed by atoms with E-state index < -0.39 is 0 Å². The molecule has 0 spiro atoms. The Labute approximate surface area is 97.5 Å². The van der Waals surface area contributed by atoms with Crippen molar-refractivity contribution >= 4 is 5.71 Å². The van der Waals surface area contributed by atoms with Crippen molar-refractivity contribution in [1.29, 1.82) is 0 Å². The van der Waals surface area contributed by atoms with Gasteiger partial charge in [0.25, 0.3) is 0 Å². The van der Waals surface area contributed by atoms with Gasteiger partial charge in [-0.25, -0.2) is 5.43 Å². The molecule has 1 saturated carbocycles. The zero-order valence-corrected chi connectivity index (χ0v) is 10.00. The molecule has 0 bridgehead atoms. The van der Waals surface area contributed by atoms with Crippen LogP contribution in [0.1, 0.15) is 32.6 Å². The number of hydrazone groups is 1. The first kappa shape index (κ1) is 11.6. The van der Waals surface area contributed by atoms with E-state index in [0.717, 1.165) is 18.2 Å². The van der Waals surface area contributed by atoms with E-state index >= 15 is 0 Å². The zero-order valence-electron chi connectivity index (χ0n) is 10.00. The molecule has 3 unspecified atom stereocenters. The first-order valence-corrected chi connectivity index (χ1v) is 6.22. The van der Waals surface area contributed by atoms with Crippen molar-refractivity contribution in [3.05, 3.63) is 12.7 Å². The minimum absolute atomic E-state index is 0.258. The summed E-state index contributed by atoms with van der Waals surface area (Å²) in [6.07, 6.45) is 7.41. The van der Waals surface area contributed by atoms with E-state index in [9.17, 15) is 0 Å². The predicted molar refractivity (Wildman–Crippen MR) is 66.8 cm³/mol. The van der Waals surface area contributed by atoms with E-state index in [1.807, 2.05) is 6.92 Å². The molecule has 4 nitrogen and oxygen atoms in total. The minimum Gasteiger partial charge on any atom is -0.291 e. The summed E-state index contributed by atoms with van der Waals surface area (Å²) in [5.74, 6) is 1.50. The Morgan fingerprint density at radius 2 is 2.25 bits per heavy atom. The molecular formula is C12H22N4. The monoisotopic (exact) mass is 222 g/mol. The Kier molecular flexibility index (Phi) is 3.96. The van der Waals surface area contributed by atoms with Crippen LogP contribution in [0.15, 0.2) is 17.8 Å². The first-order chi connectivity index (χ1) is 7.81. The largest absolute Gasteiger partial charge is 0.291 e. The maximum absolute atomic E-state index is 4.30. The number of allylic oxidation sites excluding steroid dienone is 1. The van der Waals surface area contributed by atoms with Crippen molar-refractivity contribution in [2.45, 2.75) is 38.8 Å². The Morgan fingerprint density at radius 1 is 1.44 bits per heavy atom. The number of rotatable bonds is 3. The average Bonchev–Trinajstić information content (AvgIpc) is 2.35. The Balaban J connectivity index is 1.94. The van der Waals surface area contributed by atoms with Gasteiger partial charge in [0.15, 0.2) is 0 Å². The van der Waals surface area contributed by atoms with Gasteiger partial charge in [0, 0.05) is 6.54 Å². The lowest BCUT2D eigenvalue weighted by Crippen LogP contribution is -2.60. The summed E-state index contributed by atoms with van der Waals surface area (Å²) >= 11 is 0. The van der Waals surface area contributed by atoms with E-state index in [-0.39, 0.29) is 6.17 Å². The maximum atomic E-state index is 4.30. The lowest BCUT2D eigenvalue weighted by Gasteiger charge is -2.41. The lowest BCUT2D eigenvalue weighted by atomic mass is 9.77. The van der Waals surface area contributed by atoms with Gasteiger partial charge < -0.3 is 0 Å². The Morgan fingerprint density at radius 3 is 3.06 bits per heavy atom. The summed E-state index contributed by atoms with van der Waals surface area (Å²) in [4.78, 5) is 0. The van der Waals surface area contributed by atoms with Crippen molar-refractivity contribution in [3.63, 3.8) is 0 Å². The number of hydrogen-bond donors (Lipinski definition) is 3. The summed E-state index contributed by atoms with van der Waals surface area (Å²) in [6.45, 7) is 6.74. The van der Waals surface area contributed by atoms with Gasteiger partial charge >= 0.3 is 0 Å². The fourth-order valence-electron chi connectivity index (χ4n) is 2.68. The van der Waals surface area contributed by atoms with Gasteiger partial charge in [-0.2, -0.15) is 5.10 Å². The van der Waals surface area contributed by atoms with Crippen LogP contribution in [0.2, 0.25) is 0 Å². The van der Waals surface area contributed by atoms with Crippen molar-refractivity contribution in [3.8, 4) is 0 Å². The quantitative estimate of drug-likeness (QED) is 0.499. The topological polar surface area (TPSA) is 48.5 Å². The highest BCUT2D eigenvalue weighted by Gasteiger charge is 2.34. The van der Waals surface area contributed by atoms with E-state index in [2.05, 4.69) is 28.0 Å². The van der Waals surface area contributed by atoms with Crippen LogP contribution in [0.25, 0.3) is 0 Å². The van der Waals surface area contributed by atoms with Gasteiger partial charge in [-0.15, -0.1) is 0 Å². The number of nitrogens with zero attached hydrogens (tertiary/aromatic N) is 1. The molecule has 0 aromatic heterocycles. The van der Waals surface area contributed by atoms with Gasteiger partial charge in [0.05, 0.1) is 5.71 Å². The molecule has 0 aromatic carbocycles. The SMILES string of the molecule is C=C/C(C)=N\NC1NNCC2CCCCC21. The number of hydrogen-bond acceptors (Lipinski definition) is 4. The van der Waals surface area contributed by atoms with E-state index in [1.165, 1.54) is 25.7 Å². The Bertz CT molecular complexity index is 272. The third-order valence-corrected chi connectivity index (χ3v) is 3.69. The average molecular weight is 222 g/mol. The minimum atomic E-state index is 0.258. The molecule has 2 rings (SSSR count). The molecule has 90 valence electrons. The summed E-state index contributed by atoms with van der Waals surface area (Å²) in [5.41, 5.74) is 10.7. The smallest absolute Gasteiger partial charge is 0.109 e. The summed E-state index contributed by atoms with van der Waals surface area (Å²) in [5, 5.41) is 4.30. The molecule has 1 aliphatic carbocycles. The number of nitrogens with one attached hydrogen (secondary N) is 3. The van der Waals surface area contributed by atoms with Gasteiger partial charge in [0.2, 0.25) is 0 Å². The van der Waals surface area contributed by atoms with Crippen molar-refractivity contribution in [2.24, 2.45) is 16.9 Å². The molecule has 0 amide bonds. The third-order valence-electron chi connectivity index (χ3n) is 3.69. The highest BCUT2D eigenvalue weighted by Crippen LogP contribution is 2.32. The molecule has 1 aliphatic heterocycles. The lowest BCUT2D eigenvalue weighted by molar-refractivity contribution is 0.0996. The molecule has 0 radical (unpaired) electrons. The molecule has 0 aromatic rings. The van der Waals surface area contributed by atoms with Crippen LogP contribution >= 0.6 is 0 Å². The van der Waals surface area contributed by atoms with Gasteiger partial charge in [0.1, 0.15) is 6.17 Å². The fraction of sp³-hybridized carbons (Fsp3) is 0.750. The van der Waals surface area contributed by atoms with E-state index in [0.29, 0.717) is 5.92 Å². The van der Waals surface area contributed by atoms with Crippen LogP contribution < -0.4 is 16.3 Å². The molecular weight excluding hydrogens is 200 g/mol. The van der Waals surface area contributed by atoms with E-state index in [1.54, 1.807) is 6.08 Å². The first-order valence-electron chi connectivity index (χ1n) is 6.22. The zero-order chi connectivity index (χ0) is 11.4. The fourth-order valence-corrected chi connectivity index (χ4v) is 2.68. The van der Waals surface area contributed by atoms with Crippen LogP contribution in [-0.4, -0.2) is 18.4 Å². The molecule has 2 aliphatic rings. The molecule has 1 saturated heterocycles. The number of fused-ring (bicyclic) bond motifs is 1. The highest BCUT2D eigenvalue weighted by atomic mass is 15.5. The summed E-state index contributed by atoms with van der Waals surface area (Å²) in [7, 11) is 0. The van der Waals surface area contributed by atoms with Crippen molar-refractivity contribution in [1.82, 2.24) is 16.3 Å². The second kappa shape index (κ2) is 5.46. The van der Waals surface area contributed by atoms with Gasteiger partial charge in [-0.1, -0.05) is 19.4 Å². The third kappa shape index (κ3) is 2.62.